The molecule has 0 amide bonds. The van der Waals surface area contributed by atoms with Gasteiger partial charge >= 0.3 is 0 Å². The third-order valence-electron chi connectivity index (χ3n) is 4.72. The Bertz CT molecular complexity index is 410. The molecule has 1 aliphatic carbocycles. The van der Waals surface area contributed by atoms with E-state index in [1.807, 2.05) is 0 Å². The van der Waals surface area contributed by atoms with Gasteiger partial charge in [-0.2, -0.15) is 0 Å². The van der Waals surface area contributed by atoms with Crippen molar-refractivity contribution in [1.29, 1.82) is 0 Å². The van der Waals surface area contributed by atoms with Gasteiger partial charge in [-0.05, 0) is 42.2 Å². The maximum absolute atomic E-state index is 6.83. The summed E-state index contributed by atoms with van der Waals surface area (Å²) in [6, 6.07) is 9.06. The minimum atomic E-state index is -0.0833. The topological polar surface area (TPSA) is 26.0 Å². The highest BCUT2D eigenvalue weighted by molar-refractivity contribution is 5.31. The van der Waals surface area contributed by atoms with E-state index in [1.165, 1.54) is 36.8 Å². The van der Waals surface area contributed by atoms with Crippen LogP contribution in [0.4, 0.5) is 0 Å². The molecule has 19 heavy (non-hydrogen) atoms. The first-order valence-corrected chi connectivity index (χ1v) is 7.94. The lowest BCUT2D eigenvalue weighted by atomic mass is 9.68. The van der Waals surface area contributed by atoms with E-state index in [1.54, 1.807) is 0 Å². The molecule has 0 heterocycles. The maximum atomic E-state index is 6.83. The molecule has 1 aliphatic rings. The molecule has 1 aromatic carbocycles. The SMILES string of the molecule is CCC1CCCCC1(N)c1cccc(CC(C)C)c1. The van der Waals surface area contributed by atoms with Gasteiger partial charge in [0.15, 0.2) is 0 Å². The molecule has 2 rings (SSSR count). The Balaban J connectivity index is 2.28. The van der Waals surface area contributed by atoms with Crippen LogP contribution in [-0.4, -0.2) is 0 Å². The summed E-state index contributed by atoms with van der Waals surface area (Å²) >= 11 is 0. The zero-order valence-corrected chi connectivity index (χ0v) is 12.8. The molecule has 1 fully saturated rings. The van der Waals surface area contributed by atoms with E-state index >= 15 is 0 Å². The van der Waals surface area contributed by atoms with Gasteiger partial charge in [-0.15, -0.1) is 0 Å². The van der Waals surface area contributed by atoms with E-state index in [4.69, 9.17) is 5.73 Å². The third kappa shape index (κ3) is 3.20. The van der Waals surface area contributed by atoms with Crippen molar-refractivity contribution in [2.24, 2.45) is 17.6 Å². The van der Waals surface area contributed by atoms with Crippen molar-refractivity contribution in [3.05, 3.63) is 35.4 Å². The molecule has 1 nitrogen and oxygen atoms in total. The zero-order valence-electron chi connectivity index (χ0n) is 12.8. The second kappa shape index (κ2) is 6.09. The molecular formula is C18H29N. The van der Waals surface area contributed by atoms with E-state index in [0.717, 1.165) is 12.8 Å². The summed E-state index contributed by atoms with van der Waals surface area (Å²) in [5.74, 6) is 1.35. The number of nitrogens with two attached hydrogens (primary N) is 1. The number of hydrogen-bond acceptors (Lipinski definition) is 1. The molecule has 1 heteroatoms. The van der Waals surface area contributed by atoms with Crippen molar-refractivity contribution in [3.8, 4) is 0 Å². The Kier molecular flexibility index (Phi) is 4.67. The first-order chi connectivity index (χ1) is 9.06. The monoisotopic (exact) mass is 259 g/mol. The first kappa shape index (κ1) is 14.6. The molecule has 0 bridgehead atoms. The molecule has 0 aromatic heterocycles. The van der Waals surface area contributed by atoms with E-state index in [2.05, 4.69) is 45.0 Å². The largest absolute Gasteiger partial charge is 0.321 e. The zero-order chi connectivity index (χ0) is 13.9. The quantitative estimate of drug-likeness (QED) is 0.837. The average Bonchev–Trinajstić information content (AvgIpc) is 2.39. The molecule has 2 unspecified atom stereocenters. The predicted octanol–water partition coefficient (Wildman–Crippen LogP) is 4.64. The van der Waals surface area contributed by atoms with Crippen LogP contribution in [0.1, 0.15) is 64.0 Å². The van der Waals surface area contributed by atoms with Gasteiger partial charge < -0.3 is 5.73 Å². The van der Waals surface area contributed by atoms with Gasteiger partial charge in [-0.3, -0.25) is 0 Å². The Labute approximate surface area is 118 Å². The molecule has 106 valence electrons. The summed E-state index contributed by atoms with van der Waals surface area (Å²) in [5.41, 5.74) is 9.57. The molecular weight excluding hydrogens is 230 g/mol. The molecule has 0 saturated heterocycles. The van der Waals surface area contributed by atoms with Crippen LogP contribution < -0.4 is 5.73 Å². The number of rotatable bonds is 4. The summed E-state index contributed by atoms with van der Waals surface area (Å²) < 4.78 is 0. The number of hydrogen-bond donors (Lipinski definition) is 1. The van der Waals surface area contributed by atoms with Crippen molar-refractivity contribution >= 4 is 0 Å². The molecule has 2 N–H and O–H groups in total. The highest BCUT2D eigenvalue weighted by Crippen LogP contribution is 2.41. The molecule has 0 radical (unpaired) electrons. The normalized spacial score (nSPS) is 27.7. The fraction of sp³-hybridized carbons (Fsp3) is 0.667. The van der Waals surface area contributed by atoms with Gasteiger partial charge in [0, 0.05) is 5.54 Å². The molecule has 1 aromatic rings. The maximum Gasteiger partial charge on any atom is 0.0438 e. The van der Waals surface area contributed by atoms with Gasteiger partial charge in [0.1, 0.15) is 0 Å². The molecule has 0 aliphatic heterocycles. The van der Waals surface area contributed by atoms with Crippen LogP contribution in [0.15, 0.2) is 24.3 Å². The second-order valence-electron chi connectivity index (χ2n) is 6.69. The van der Waals surface area contributed by atoms with Gasteiger partial charge in [0.05, 0.1) is 0 Å². The van der Waals surface area contributed by atoms with Gasteiger partial charge in [0.25, 0.3) is 0 Å². The Hall–Kier alpha value is -0.820. The van der Waals surface area contributed by atoms with Crippen LogP contribution in [0.3, 0.4) is 0 Å². The van der Waals surface area contributed by atoms with Crippen molar-refractivity contribution in [2.45, 2.75) is 64.8 Å². The summed E-state index contributed by atoms with van der Waals surface area (Å²) in [5, 5.41) is 0. The second-order valence-corrected chi connectivity index (χ2v) is 6.69. The lowest BCUT2D eigenvalue weighted by molar-refractivity contribution is 0.184. The van der Waals surface area contributed by atoms with Crippen LogP contribution in [-0.2, 0) is 12.0 Å². The summed E-state index contributed by atoms with van der Waals surface area (Å²) in [6.07, 6.45) is 7.42. The lowest BCUT2D eigenvalue weighted by Gasteiger charge is -2.41. The average molecular weight is 259 g/mol. The van der Waals surface area contributed by atoms with E-state index in [-0.39, 0.29) is 5.54 Å². The van der Waals surface area contributed by atoms with Crippen LogP contribution in [0.2, 0.25) is 0 Å². The van der Waals surface area contributed by atoms with Crippen molar-refractivity contribution in [2.75, 3.05) is 0 Å². The lowest BCUT2D eigenvalue weighted by Crippen LogP contribution is -2.46. The fourth-order valence-electron chi connectivity index (χ4n) is 3.68. The van der Waals surface area contributed by atoms with Gasteiger partial charge in [0.2, 0.25) is 0 Å². The van der Waals surface area contributed by atoms with Crippen LogP contribution in [0, 0.1) is 11.8 Å². The summed E-state index contributed by atoms with van der Waals surface area (Å²) in [6.45, 7) is 6.84. The highest BCUT2D eigenvalue weighted by atomic mass is 14.8. The summed E-state index contributed by atoms with van der Waals surface area (Å²) in [4.78, 5) is 0. The van der Waals surface area contributed by atoms with Gasteiger partial charge in [-0.25, -0.2) is 0 Å². The smallest absolute Gasteiger partial charge is 0.0438 e. The molecule has 1 saturated carbocycles. The minimum Gasteiger partial charge on any atom is -0.321 e. The van der Waals surface area contributed by atoms with Crippen LogP contribution in [0.5, 0.6) is 0 Å². The van der Waals surface area contributed by atoms with Crippen molar-refractivity contribution < 1.29 is 0 Å². The number of benzene rings is 1. The van der Waals surface area contributed by atoms with Gasteiger partial charge in [-0.1, -0.05) is 64.3 Å². The Morgan fingerprint density at radius 3 is 2.79 bits per heavy atom. The molecule has 0 spiro atoms. The standard InChI is InChI=1S/C18H29N/c1-4-16-9-5-6-11-18(16,19)17-10-7-8-15(13-17)12-14(2)3/h7-8,10,13-14,16H,4-6,9,11-12,19H2,1-3H3. The van der Waals surface area contributed by atoms with E-state index in [0.29, 0.717) is 11.8 Å². The van der Waals surface area contributed by atoms with Crippen LogP contribution in [0.25, 0.3) is 0 Å². The third-order valence-corrected chi connectivity index (χ3v) is 4.72. The Morgan fingerprint density at radius 2 is 2.11 bits per heavy atom. The minimum absolute atomic E-state index is 0.0833. The Morgan fingerprint density at radius 1 is 1.32 bits per heavy atom. The highest BCUT2D eigenvalue weighted by Gasteiger charge is 2.37. The van der Waals surface area contributed by atoms with E-state index < -0.39 is 0 Å². The van der Waals surface area contributed by atoms with E-state index in [9.17, 15) is 0 Å². The molecule has 2 atom stereocenters. The predicted molar refractivity (Wildman–Crippen MR) is 83.1 cm³/mol. The first-order valence-electron chi connectivity index (χ1n) is 7.94. The fourth-order valence-corrected chi connectivity index (χ4v) is 3.68. The summed E-state index contributed by atoms with van der Waals surface area (Å²) in [7, 11) is 0. The van der Waals surface area contributed by atoms with Crippen molar-refractivity contribution in [3.63, 3.8) is 0 Å². The van der Waals surface area contributed by atoms with Crippen molar-refractivity contribution in [1.82, 2.24) is 0 Å². The van der Waals surface area contributed by atoms with Crippen LogP contribution >= 0.6 is 0 Å².